The highest BCUT2D eigenvalue weighted by molar-refractivity contribution is 7.99. The lowest BCUT2D eigenvalue weighted by atomic mass is 10.1. The van der Waals surface area contributed by atoms with Gasteiger partial charge in [-0.05, 0) is 66.7 Å². The number of halogens is 2. The molecule has 0 aliphatic carbocycles. The first-order chi connectivity index (χ1) is 16.0. The van der Waals surface area contributed by atoms with Gasteiger partial charge in [-0.1, -0.05) is 35.0 Å². The molecule has 0 N–H and O–H groups in total. The van der Waals surface area contributed by atoms with Gasteiger partial charge in [0.05, 0.1) is 35.7 Å². The first kappa shape index (κ1) is 23.2. The van der Waals surface area contributed by atoms with Crippen molar-refractivity contribution in [3.05, 3.63) is 82.3 Å². The van der Waals surface area contributed by atoms with E-state index in [-0.39, 0.29) is 11.5 Å². The monoisotopic (exact) mass is 499 g/mol. The molecule has 4 rings (SSSR count). The molecule has 6 nitrogen and oxygen atoms in total. The van der Waals surface area contributed by atoms with Crippen LogP contribution in [0, 0.1) is 0 Å². The second-order valence-electron chi connectivity index (χ2n) is 6.91. The number of ether oxygens (including phenoxy) is 2. The number of hydrogen-bond donors (Lipinski definition) is 0. The van der Waals surface area contributed by atoms with Crippen LogP contribution < -0.4 is 9.47 Å². The molecule has 168 valence electrons. The summed E-state index contributed by atoms with van der Waals surface area (Å²) in [4.78, 5) is 12.7. The van der Waals surface area contributed by atoms with Crippen LogP contribution in [-0.2, 0) is 0 Å². The lowest BCUT2D eigenvalue weighted by molar-refractivity contribution is 0.102. The molecule has 0 saturated heterocycles. The number of rotatable bonds is 8. The fourth-order valence-electron chi connectivity index (χ4n) is 3.14. The van der Waals surface area contributed by atoms with E-state index in [4.69, 9.17) is 32.7 Å². The summed E-state index contributed by atoms with van der Waals surface area (Å²) in [6, 6.07) is 19.8. The van der Waals surface area contributed by atoms with Gasteiger partial charge >= 0.3 is 0 Å². The second-order valence-corrected chi connectivity index (χ2v) is 8.67. The average molecular weight is 500 g/mol. The molecule has 0 unspecified atom stereocenters. The molecule has 1 aromatic heterocycles. The Bertz CT molecular complexity index is 1280. The summed E-state index contributed by atoms with van der Waals surface area (Å²) in [5.74, 6) is 2.20. The molecule has 0 aliphatic rings. The molecule has 0 radical (unpaired) electrons. The van der Waals surface area contributed by atoms with Crippen molar-refractivity contribution < 1.29 is 14.3 Å². The van der Waals surface area contributed by atoms with Crippen LogP contribution in [0.4, 0.5) is 0 Å². The molecule has 0 aliphatic heterocycles. The lowest BCUT2D eigenvalue weighted by Crippen LogP contribution is -2.05. The highest BCUT2D eigenvalue weighted by Gasteiger charge is 2.19. The summed E-state index contributed by atoms with van der Waals surface area (Å²) in [6.45, 7) is 0. The number of carbonyl (C=O) groups excluding carboxylic acids is 1. The number of methoxy groups -OCH3 is 2. The summed E-state index contributed by atoms with van der Waals surface area (Å²) in [7, 11) is 3.20. The van der Waals surface area contributed by atoms with Crippen LogP contribution in [0.3, 0.4) is 0 Å². The number of ketones is 1. The molecule has 0 atom stereocenters. The summed E-state index contributed by atoms with van der Waals surface area (Å²) < 4.78 is 12.3. The van der Waals surface area contributed by atoms with E-state index in [1.54, 1.807) is 50.6 Å². The predicted molar refractivity (Wildman–Crippen MR) is 131 cm³/mol. The van der Waals surface area contributed by atoms with Crippen molar-refractivity contribution in [2.24, 2.45) is 0 Å². The van der Waals surface area contributed by atoms with Crippen LogP contribution in [0.15, 0.2) is 71.9 Å². The van der Waals surface area contributed by atoms with Crippen LogP contribution in [0.5, 0.6) is 11.5 Å². The normalized spacial score (nSPS) is 10.8. The molecule has 0 bridgehead atoms. The van der Waals surface area contributed by atoms with Crippen LogP contribution in [0.1, 0.15) is 10.4 Å². The minimum absolute atomic E-state index is 0.0302. The van der Waals surface area contributed by atoms with Crippen molar-refractivity contribution in [3.63, 3.8) is 0 Å². The van der Waals surface area contributed by atoms with Gasteiger partial charge in [0.25, 0.3) is 0 Å². The molecule has 4 aromatic rings. The quantitative estimate of drug-likeness (QED) is 0.211. The number of Topliss-reactive ketones (excluding diaryl/α,β-unsaturated/α-hetero) is 1. The van der Waals surface area contributed by atoms with Crippen LogP contribution in [-0.4, -0.2) is 40.5 Å². The molecule has 0 amide bonds. The minimum atomic E-state index is -0.0302. The Kier molecular flexibility index (Phi) is 7.23. The zero-order valence-corrected chi connectivity index (χ0v) is 20.1. The SMILES string of the molecule is COc1ccc(C(=O)CSc2nnc(-c3ccc(OC)cc3)n2-c2ccc(Cl)c(Cl)c2)cc1. The Labute approximate surface area is 205 Å². The van der Waals surface area contributed by atoms with Crippen molar-refractivity contribution in [1.82, 2.24) is 14.8 Å². The Hall–Kier alpha value is -3.00. The maximum Gasteiger partial charge on any atom is 0.196 e. The topological polar surface area (TPSA) is 66.2 Å². The largest absolute Gasteiger partial charge is 0.497 e. The third kappa shape index (κ3) is 5.16. The Morgan fingerprint density at radius 3 is 2.12 bits per heavy atom. The van der Waals surface area contributed by atoms with Gasteiger partial charge in [-0.2, -0.15) is 0 Å². The third-order valence-electron chi connectivity index (χ3n) is 4.89. The van der Waals surface area contributed by atoms with E-state index in [1.807, 2.05) is 34.9 Å². The van der Waals surface area contributed by atoms with Crippen molar-refractivity contribution in [3.8, 4) is 28.6 Å². The summed E-state index contributed by atoms with van der Waals surface area (Å²) in [5, 5.41) is 10.2. The van der Waals surface area contributed by atoms with Crippen molar-refractivity contribution in [2.45, 2.75) is 5.16 Å². The Balaban J connectivity index is 1.67. The van der Waals surface area contributed by atoms with Gasteiger partial charge in [-0.3, -0.25) is 9.36 Å². The second kappa shape index (κ2) is 10.3. The van der Waals surface area contributed by atoms with Gasteiger partial charge in [0.2, 0.25) is 0 Å². The van der Waals surface area contributed by atoms with Gasteiger partial charge in [-0.15, -0.1) is 10.2 Å². The van der Waals surface area contributed by atoms with Crippen LogP contribution in [0.2, 0.25) is 10.0 Å². The van der Waals surface area contributed by atoms with Gasteiger partial charge in [0.1, 0.15) is 11.5 Å². The number of aromatic nitrogens is 3. The zero-order valence-electron chi connectivity index (χ0n) is 17.8. The number of nitrogens with zero attached hydrogens (tertiary/aromatic N) is 3. The molecule has 0 saturated carbocycles. The van der Waals surface area contributed by atoms with E-state index >= 15 is 0 Å². The van der Waals surface area contributed by atoms with Gasteiger partial charge in [0, 0.05) is 11.1 Å². The maximum absolute atomic E-state index is 12.7. The highest BCUT2D eigenvalue weighted by atomic mass is 35.5. The van der Waals surface area contributed by atoms with Gasteiger partial charge < -0.3 is 9.47 Å². The molecule has 0 spiro atoms. The maximum atomic E-state index is 12.7. The van der Waals surface area contributed by atoms with Gasteiger partial charge in [-0.25, -0.2) is 0 Å². The predicted octanol–water partition coefficient (Wildman–Crippen LogP) is 6.23. The fraction of sp³-hybridized carbons (Fsp3) is 0.125. The van der Waals surface area contributed by atoms with Gasteiger partial charge in [0.15, 0.2) is 16.8 Å². The van der Waals surface area contributed by atoms with E-state index in [0.29, 0.717) is 32.3 Å². The number of carbonyl (C=O) groups is 1. The van der Waals surface area contributed by atoms with Crippen molar-refractivity contribution >= 4 is 40.7 Å². The average Bonchev–Trinajstić information content (AvgIpc) is 3.28. The highest BCUT2D eigenvalue weighted by Crippen LogP contribution is 2.32. The van der Waals surface area contributed by atoms with E-state index < -0.39 is 0 Å². The number of benzene rings is 3. The molecular formula is C24H19Cl2N3O3S. The molecule has 9 heteroatoms. The number of hydrogen-bond acceptors (Lipinski definition) is 6. The molecule has 0 fully saturated rings. The Morgan fingerprint density at radius 1 is 0.879 bits per heavy atom. The third-order valence-corrected chi connectivity index (χ3v) is 6.56. The number of thioether (sulfide) groups is 1. The van der Waals surface area contributed by atoms with Crippen molar-refractivity contribution in [1.29, 1.82) is 0 Å². The lowest BCUT2D eigenvalue weighted by Gasteiger charge is -2.11. The van der Waals surface area contributed by atoms with E-state index in [0.717, 1.165) is 17.0 Å². The summed E-state index contributed by atoms with van der Waals surface area (Å²) >= 11 is 13.7. The molecule has 3 aromatic carbocycles. The van der Waals surface area contributed by atoms with Crippen molar-refractivity contribution in [2.75, 3.05) is 20.0 Å². The fourth-order valence-corrected chi connectivity index (χ4v) is 4.28. The van der Waals surface area contributed by atoms with Crippen LogP contribution >= 0.6 is 35.0 Å². The van der Waals surface area contributed by atoms with E-state index in [1.165, 1.54) is 11.8 Å². The van der Waals surface area contributed by atoms with E-state index in [2.05, 4.69) is 10.2 Å². The smallest absolute Gasteiger partial charge is 0.196 e. The first-order valence-electron chi connectivity index (χ1n) is 9.85. The van der Waals surface area contributed by atoms with E-state index in [9.17, 15) is 4.79 Å². The molecule has 1 heterocycles. The standard InChI is InChI=1S/C24H19Cl2N3O3S/c1-31-18-8-3-15(4-9-18)22(30)14-33-24-28-27-23(16-5-10-19(32-2)11-6-16)29(24)17-7-12-20(25)21(26)13-17/h3-13H,14H2,1-2H3. The molecule has 33 heavy (non-hydrogen) atoms. The minimum Gasteiger partial charge on any atom is -0.497 e. The molecular weight excluding hydrogens is 481 g/mol. The Morgan fingerprint density at radius 2 is 1.52 bits per heavy atom. The zero-order chi connectivity index (χ0) is 23.4. The summed E-state index contributed by atoms with van der Waals surface area (Å²) in [5.41, 5.74) is 2.17. The first-order valence-corrected chi connectivity index (χ1v) is 11.6. The van der Waals surface area contributed by atoms with Crippen LogP contribution in [0.25, 0.3) is 17.1 Å². The summed E-state index contributed by atoms with van der Waals surface area (Å²) in [6.07, 6.45) is 0.